The predicted molar refractivity (Wildman–Crippen MR) is 79.1 cm³/mol. The average molecular weight is 264 g/mol. The summed E-state index contributed by atoms with van der Waals surface area (Å²) in [6.45, 7) is 5.85. The van der Waals surface area contributed by atoms with Crippen LogP contribution in [0.2, 0.25) is 0 Å². The van der Waals surface area contributed by atoms with Gasteiger partial charge in [0.1, 0.15) is 5.82 Å². The molecule has 0 aliphatic rings. The maximum Gasteiger partial charge on any atom is 0.225 e. The number of carbonyl (C=O) groups excluding carboxylic acids is 1. The van der Waals surface area contributed by atoms with Crippen molar-refractivity contribution in [3.63, 3.8) is 0 Å². The molecule has 0 atom stereocenters. The van der Waals surface area contributed by atoms with Gasteiger partial charge in [-0.1, -0.05) is 13.8 Å². The second-order valence-corrected chi connectivity index (χ2v) is 4.98. The summed E-state index contributed by atoms with van der Waals surface area (Å²) >= 11 is 0. The first-order valence-electron chi connectivity index (χ1n) is 6.81. The van der Waals surface area contributed by atoms with Crippen LogP contribution < -0.4 is 16.4 Å². The highest BCUT2D eigenvalue weighted by molar-refractivity contribution is 5.89. The van der Waals surface area contributed by atoms with Crippen molar-refractivity contribution in [2.75, 3.05) is 23.7 Å². The lowest BCUT2D eigenvalue weighted by atomic mass is 10.1. The number of nitrogens with two attached hydrogens (primary N) is 1. The lowest BCUT2D eigenvalue weighted by Gasteiger charge is -2.09. The van der Waals surface area contributed by atoms with Gasteiger partial charge in [0.25, 0.3) is 0 Å². The van der Waals surface area contributed by atoms with Crippen molar-refractivity contribution in [2.24, 2.45) is 11.7 Å². The highest BCUT2D eigenvalue weighted by atomic mass is 16.1. The molecule has 1 amide bonds. The summed E-state index contributed by atoms with van der Waals surface area (Å²) in [6.07, 6.45) is 3.99. The second-order valence-electron chi connectivity index (χ2n) is 4.98. The number of hydrogen-bond acceptors (Lipinski definition) is 4. The molecule has 1 aromatic heterocycles. The average Bonchev–Trinajstić information content (AvgIpc) is 2.38. The van der Waals surface area contributed by atoms with Crippen LogP contribution in [0.4, 0.5) is 11.5 Å². The fourth-order valence-corrected chi connectivity index (χ4v) is 1.55. The van der Waals surface area contributed by atoms with Crippen molar-refractivity contribution >= 4 is 17.4 Å². The SMILES string of the molecule is CC(C)CCNc1ccc(NC(=O)CCCN)nc1. The molecule has 0 unspecified atom stereocenters. The van der Waals surface area contributed by atoms with Crippen LogP contribution >= 0.6 is 0 Å². The Morgan fingerprint density at radius 1 is 1.42 bits per heavy atom. The van der Waals surface area contributed by atoms with Gasteiger partial charge in [-0.05, 0) is 37.4 Å². The third kappa shape index (κ3) is 6.76. The Hall–Kier alpha value is -1.62. The van der Waals surface area contributed by atoms with Crippen molar-refractivity contribution < 1.29 is 4.79 Å². The summed E-state index contributed by atoms with van der Waals surface area (Å²) in [5, 5.41) is 6.04. The highest BCUT2D eigenvalue weighted by Gasteiger charge is 2.02. The Morgan fingerprint density at radius 3 is 2.79 bits per heavy atom. The van der Waals surface area contributed by atoms with Gasteiger partial charge in [0.15, 0.2) is 0 Å². The Morgan fingerprint density at radius 2 is 2.21 bits per heavy atom. The minimum absolute atomic E-state index is 0.0431. The van der Waals surface area contributed by atoms with E-state index in [9.17, 15) is 4.79 Å². The Kier molecular flexibility index (Phi) is 6.89. The van der Waals surface area contributed by atoms with Gasteiger partial charge in [0, 0.05) is 13.0 Å². The zero-order valence-corrected chi connectivity index (χ0v) is 11.8. The molecule has 4 N–H and O–H groups in total. The molecule has 0 bridgehead atoms. The molecular formula is C14H24N4O. The van der Waals surface area contributed by atoms with E-state index in [0.717, 1.165) is 18.7 Å². The first-order chi connectivity index (χ1) is 9.11. The van der Waals surface area contributed by atoms with E-state index in [-0.39, 0.29) is 5.91 Å². The lowest BCUT2D eigenvalue weighted by Crippen LogP contribution is -2.14. The van der Waals surface area contributed by atoms with Crippen molar-refractivity contribution in [2.45, 2.75) is 33.1 Å². The maximum atomic E-state index is 11.5. The molecule has 0 spiro atoms. The van der Waals surface area contributed by atoms with E-state index < -0.39 is 0 Å². The normalized spacial score (nSPS) is 10.5. The van der Waals surface area contributed by atoms with Crippen molar-refractivity contribution in [1.29, 1.82) is 0 Å². The molecule has 1 rings (SSSR count). The summed E-state index contributed by atoms with van der Waals surface area (Å²) in [7, 11) is 0. The third-order valence-electron chi connectivity index (χ3n) is 2.69. The highest BCUT2D eigenvalue weighted by Crippen LogP contribution is 2.10. The molecule has 5 nitrogen and oxygen atoms in total. The van der Waals surface area contributed by atoms with E-state index in [2.05, 4.69) is 29.5 Å². The van der Waals surface area contributed by atoms with Crippen LogP contribution in [-0.4, -0.2) is 24.0 Å². The van der Waals surface area contributed by atoms with Gasteiger partial charge in [-0.25, -0.2) is 4.98 Å². The van der Waals surface area contributed by atoms with Crippen molar-refractivity contribution in [1.82, 2.24) is 4.98 Å². The number of nitrogens with one attached hydrogen (secondary N) is 2. The second kappa shape index (κ2) is 8.48. The van der Waals surface area contributed by atoms with Gasteiger partial charge in [-0.3, -0.25) is 4.79 Å². The fourth-order valence-electron chi connectivity index (χ4n) is 1.55. The number of aromatic nitrogens is 1. The maximum absolute atomic E-state index is 11.5. The minimum atomic E-state index is -0.0431. The van der Waals surface area contributed by atoms with E-state index in [1.807, 2.05) is 6.07 Å². The molecular weight excluding hydrogens is 240 g/mol. The van der Waals surface area contributed by atoms with Crippen molar-refractivity contribution in [3.8, 4) is 0 Å². The number of amides is 1. The third-order valence-corrected chi connectivity index (χ3v) is 2.69. The lowest BCUT2D eigenvalue weighted by molar-refractivity contribution is -0.116. The number of rotatable bonds is 8. The molecule has 5 heteroatoms. The summed E-state index contributed by atoms with van der Waals surface area (Å²) < 4.78 is 0. The Labute approximate surface area is 115 Å². The van der Waals surface area contributed by atoms with Gasteiger partial charge in [0.2, 0.25) is 5.91 Å². The fraction of sp³-hybridized carbons (Fsp3) is 0.571. The molecule has 0 aromatic carbocycles. The smallest absolute Gasteiger partial charge is 0.225 e. The minimum Gasteiger partial charge on any atom is -0.384 e. The molecule has 19 heavy (non-hydrogen) atoms. The van der Waals surface area contributed by atoms with Crippen LogP contribution in [0.3, 0.4) is 0 Å². The molecule has 1 aromatic rings. The zero-order valence-electron chi connectivity index (χ0n) is 11.8. The van der Waals surface area contributed by atoms with Crippen LogP contribution in [-0.2, 0) is 4.79 Å². The van der Waals surface area contributed by atoms with E-state index in [0.29, 0.717) is 31.1 Å². The van der Waals surface area contributed by atoms with E-state index in [1.165, 1.54) is 0 Å². The largest absolute Gasteiger partial charge is 0.384 e. The topological polar surface area (TPSA) is 80.0 Å². The van der Waals surface area contributed by atoms with Crippen LogP contribution in [0.5, 0.6) is 0 Å². The standard InChI is InChI=1S/C14H24N4O/c1-11(2)7-9-16-12-5-6-13(17-10-12)18-14(19)4-3-8-15/h5-6,10-11,16H,3-4,7-9,15H2,1-2H3,(H,17,18,19). The number of hydrogen-bond donors (Lipinski definition) is 3. The number of carbonyl (C=O) groups is 1. The van der Waals surface area contributed by atoms with E-state index in [1.54, 1.807) is 12.3 Å². The molecule has 0 aliphatic carbocycles. The first-order valence-corrected chi connectivity index (χ1v) is 6.81. The van der Waals surface area contributed by atoms with Gasteiger partial charge in [-0.2, -0.15) is 0 Å². The molecule has 0 aliphatic heterocycles. The van der Waals surface area contributed by atoms with Crippen LogP contribution in [0.1, 0.15) is 33.1 Å². The molecule has 0 saturated heterocycles. The van der Waals surface area contributed by atoms with Crippen LogP contribution in [0, 0.1) is 5.92 Å². The predicted octanol–water partition coefficient (Wildman–Crippen LogP) is 2.22. The van der Waals surface area contributed by atoms with Crippen molar-refractivity contribution in [3.05, 3.63) is 18.3 Å². The number of nitrogens with zero attached hydrogens (tertiary/aromatic N) is 1. The van der Waals surface area contributed by atoms with Crippen LogP contribution in [0.25, 0.3) is 0 Å². The van der Waals surface area contributed by atoms with E-state index >= 15 is 0 Å². The van der Waals surface area contributed by atoms with Gasteiger partial charge in [0.05, 0.1) is 11.9 Å². The summed E-state index contributed by atoms with van der Waals surface area (Å²) in [5.74, 6) is 1.22. The van der Waals surface area contributed by atoms with Gasteiger partial charge < -0.3 is 16.4 Å². The Balaban J connectivity index is 2.36. The van der Waals surface area contributed by atoms with E-state index in [4.69, 9.17) is 5.73 Å². The molecule has 0 fully saturated rings. The van der Waals surface area contributed by atoms with Crippen LogP contribution in [0.15, 0.2) is 18.3 Å². The monoisotopic (exact) mass is 264 g/mol. The molecule has 1 heterocycles. The summed E-state index contributed by atoms with van der Waals surface area (Å²) in [5.41, 5.74) is 6.33. The summed E-state index contributed by atoms with van der Waals surface area (Å²) in [4.78, 5) is 15.7. The molecule has 0 radical (unpaired) electrons. The van der Waals surface area contributed by atoms with Gasteiger partial charge >= 0.3 is 0 Å². The quantitative estimate of drug-likeness (QED) is 0.672. The molecule has 0 saturated carbocycles. The number of anilines is 2. The first kappa shape index (κ1) is 15.4. The number of pyridine rings is 1. The Bertz CT molecular complexity index is 376. The molecule has 106 valence electrons. The van der Waals surface area contributed by atoms with Gasteiger partial charge in [-0.15, -0.1) is 0 Å². The summed E-state index contributed by atoms with van der Waals surface area (Å²) in [6, 6.07) is 3.73. The zero-order chi connectivity index (χ0) is 14.1.